The third-order valence-electron chi connectivity index (χ3n) is 4.16. The van der Waals surface area contributed by atoms with Crippen molar-refractivity contribution in [1.82, 2.24) is 9.71 Å². The molecule has 1 atom stereocenters. The van der Waals surface area contributed by atoms with Gasteiger partial charge in [-0.05, 0) is 30.2 Å². The molecule has 0 amide bonds. The molecule has 1 unspecified atom stereocenters. The van der Waals surface area contributed by atoms with Crippen LogP contribution in [-0.2, 0) is 10.0 Å². The van der Waals surface area contributed by atoms with E-state index in [1.165, 1.54) is 0 Å². The van der Waals surface area contributed by atoms with Gasteiger partial charge in [0, 0.05) is 34.6 Å². The fourth-order valence-electron chi connectivity index (χ4n) is 2.84. The minimum absolute atomic E-state index is 0.0517. The van der Waals surface area contributed by atoms with E-state index in [1.807, 2.05) is 54.7 Å². The van der Waals surface area contributed by atoms with Gasteiger partial charge in [0.2, 0.25) is 10.0 Å². The SMILES string of the molecule is CCS(=O)(=O)NCC(c1ccccc1Cl)c1c[nH]c2ccccc12. The first-order chi connectivity index (χ1) is 11.5. The van der Waals surface area contributed by atoms with Crippen molar-refractivity contribution in [2.24, 2.45) is 0 Å². The molecule has 1 aromatic heterocycles. The summed E-state index contributed by atoms with van der Waals surface area (Å²) in [5, 5.41) is 1.70. The molecule has 0 radical (unpaired) electrons. The van der Waals surface area contributed by atoms with Gasteiger partial charge in [-0.25, -0.2) is 13.1 Å². The molecule has 3 rings (SSSR count). The number of hydrogen-bond acceptors (Lipinski definition) is 2. The zero-order chi connectivity index (χ0) is 17.2. The minimum atomic E-state index is -3.28. The van der Waals surface area contributed by atoms with Crippen molar-refractivity contribution in [2.45, 2.75) is 12.8 Å². The molecule has 126 valence electrons. The lowest BCUT2D eigenvalue weighted by molar-refractivity contribution is 0.579. The van der Waals surface area contributed by atoms with E-state index in [0.717, 1.165) is 22.0 Å². The number of rotatable bonds is 6. The molecule has 2 N–H and O–H groups in total. The fraction of sp³-hybridized carbons (Fsp3) is 0.222. The molecule has 0 fully saturated rings. The number of halogens is 1. The van der Waals surface area contributed by atoms with Crippen LogP contribution >= 0.6 is 11.6 Å². The molecule has 0 bridgehead atoms. The van der Waals surface area contributed by atoms with Crippen LogP contribution < -0.4 is 4.72 Å². The maximum atomic E-state index is 11.9. The van der Waals surface area contributed by atoms with Crippen molar-refractivity contribution in [3.63, 3.8) is 0 Å². The first-order valence-corrected chi connectivity index (χ1v) is 9.82. The Morgan fingerprint density at radius 2 is 1.79 bits per heavy atom. The lowest BCUT2D eigenvalue weighted by Gasteiger charge is -2.19. The Bertz CT molecular complexity index is 950. The summed E-state index contributed by atoms with van der Waals surface area (Å²) in [4.78, 5) is 3.25. The molecule has 0 aliphatic carbocycles. The third-order valence-corrected chi connectivity index (χ3v) is 5.88. The highest BCUT2D eigenvalue weighted by molar-refractivity contribution is 7.89. The quantitative estimate of drug-likeness (QED) is 0.698. The molecule has 0 aliphatic rings. The average molecular weight is 363 g/mol. The van der Waals surface area contributed by atoms with Crippen LogP contribution in [0.15, 0.2) is 54.7 Å². The lowest BCUT2D eigenvalue weighted by Crippen LogP contribution is -2.30. The van der Waals surface area contributed by atoms with Crippen LogP contribution in [0.5, 0.6) is 0 Å². The second kappa shape index (κ2) is 6.97. The molecule has 1 heterocycles. The number of aromatic nitrogens is 1. The first-order valence-electron chi connectivity index (χ1n) is 7.79. The molecule has 0 saturated carbocycles. The molecule has 4 nitrogen and oxygen atoms in total. The van der Waals surface area contributed by atoms with E-state index in [4.69, 9.17) is 11.6 Å². The highest BCUT2D eigenvalue weighted by Crippen LogP contribution is 2.34. The van der Waals surface area contributed by atoms with Gasteiger partial charge in [-0.3, -0.25) is 0 Å². The molecule has 2 aromatic carbocycles. The Hall–Kier alpha value is -1.82. The predicted octanol–water partition coefficient (Wildman–Crippen LogP) is 3.89. The Labute approximate surface area is 146 Å². The molecular formula is C18H19ClN2O2S. The summed E-state index contributed by atoms with van der Waals surface area (Å²) in [6.45, 7) is 1.89. The monoisotopic (exact) mass is 362 g/mol. The number of para-hydroxylation sites is 1. The summed E-state index contributed by atoms with van der Waals surface area (Å²) in [5.74, 6) is -0.118. The van der Waals surface area contributed by atoms with Crippen LogP contribution in [-0.4, -0.2) is 25.7 Å². The Balaban J connectivity index is 2.07. The first kappa shape index (κ1) is 17.0. The van der Waals surface area contributed by atoms with Gasteiger partial charge in [0.15, 0.2) is 0 Å². The van der Waals surface area contributed by atoms with E-state index < -0.39 is 10.0 Å². The molecule has 6 heteroatoms. The molecule has 0 spiro atoms. The number of nitrogens with one attached hydrogen (secondary N) is 2. The predicted molar refractivity (Wildman–Crippen MR) is 99.1 cm³/mol. The van der Waals surface area contributed by atoms with Crippen molar-refractivity contribution in [3.8, 4) is 0 Å². The van der Waals surface area contributed by atoms with E-state index >= 15 is 0 Å². The van der Waals surface area contributed by atoms with Gasteiger partial charge in [0.25, 0.3) is 0 Å². The van der Waals surface area contributed by atoms with Crippen LogP contribution in [0.1, 0.15) is 24.0 Å². The minimum Gasteiger partial charge on any atom is -0.361 e. The van der Waals surface area contributed by atoms with Crippen molar-refractivity contribution >= 4 is 32.5 Å². The number of hydrogen-bond donors (Lipinski definition) is 2. The summed E-state index contributed by atoms with van der Waals surface area (Å²) in [6.07, 6.45) is 1.93. The summed E-state index contributed by atoms with van der Waals surface area (Å²) in [5.41, 5.74) is 2.95. The van der Waals surface area contributed by atoms with Gasteiger partial charge in [-0.1, -0.05) is 48.0 Å². The van der Waals surface area contributed by atoms with E-state index in [1.54, 1.807) is 6.92 Å². The lowest BCUT2D eigenvalue weighted by atomic mass is 9.91. The normalized spacial score (nSPS) is 13.2. The second-order valence-corrected chi connectivity index (χ2v) is 8.12. The van der Waals surface area contributed by atoms with Crippen molar-refractivity contribution in [2.75, 3.05) is 12.3 Å². The number of benzene rings is 2. The van der Waals surface area contributed by atoms with Crippen LogP contribution in [0.2, 0.25) is 5.02 Å². The number of fused-ring (bicyclic) bond motifs is 1. The largest absolute Gasteiger partial charge is 0.361 e. The third kappa shape index (κ3) is 3.48. The molecule has 0 saturated heterocycles. The van der Waals surface area contributed by atoms with Crippen LogP contribution in [0.4, 0.5) is 0 Å². The number of sulfonamides is 1. The van der Waals surface area contributed by atoms with E-state index in [0.29, 0.717) is 5.02 Å². The van der Waals surface area contributed by atoms with Gasteiger partial charge in [0.05, 0.1) is 5.75 Å². The summed E-state index contributed by atoms with van der Waals surface area (Å²) in [6, 6.07) is 15.5. The Kier molecular flexibility index (Phi) is 4.94. The van der Waals surface area contributed by atoms with Gasteiger partial charge < -0.3 is 4.98 Å². The summed E-state index contributed by atoms with van der Waals surface area (Å²) < 4.78 is 26.5. The average Bonchev–Trinajstić information content (AvgIpc) is 3.01. The highest BCUT2D eigenvalue weighted by atomic mass is 35.5. The molecular weight excluding hydrogens is 344 g/mol. The molecule has 24 heavy (non-hydrogen) atoms. The van der Waals surface area contributed by atoms with Gasteiger partial charge in [-0.2, -0.15) is 0 Å². The molecule has 0 aliphatic heterocycles. The topological polar surface area (TPSA) is 62.0 Å². The summed E-state index contributed by atoms with van der Waals surface area (Å²) in [7, 11) is -3.28. The van der Waals surface area contributed by atoms with Crippen LogP contribution in [0.3, 0.4) is 0 Å². The fourth-order valence-corrected chi connectivity index (χ4v) is 3.73. The zero-order valence-corrected chi connectivity index (χ0v) is 14.9. The standard InChI is InChI=1S/C18H19ClN2O2S/c1-2-24(22,23)21-12-16(13-7-3-5-9-17(13)19)15-11-20-18-10-6-4-8-14(15)18/h3-11,16,20-21H,2,12H2,1H3. The van der Waals surface area contributed by atoms with Gasteiger partial charge in [-0.15, -0.1) is 0 Å². The van der Waals surface area contributed by atoms with Crippen molar-refractivity contribution in [1.29, 1.82) is 0 Å². The summed E-state index contributed by atoms with van der Waals surface area (Å²) >= 11 is 6.38. The van der Waals surface area contributed by atoms with Crippen molar-refractivity contribution in [3.05, 3.63) is 70.9 Å². The van der Waals surface area contributed by atoms with E-state index in [9.17, 15) is 8.42 Å². The zero-order valence-electron chi connectivity index (χ0n) is 13.3. The van der Waals surface area contributed by atoms with E-state index in [-0.39, 0.29) is 18.2 Å². The van der Waals surface area contributed by atoms with Gasteiger partial charge in [0.1, 0.15) is 0 Å². The highest BCUT2D eigenvalue weighted by Gasteiger charge is 2.22. The maximum Gasteiger partial charge on any atom is 0.211 e. The maximum absolute atomic E-state index is 11.9. The number of H-pyrrole nitrogens is 1. The van der Waals surface area contributed by atoms with Crippen molar-refractivity contribution < 1.29 is 8.42 Å². The number of aromatic amines is 1. The Morgan fingerprint density at radius 3 is 2.54 bits per heavy atom. The van der Waals surface area contributed by atoms with Crippen LogP contribution in [0.25, 0.3) is 10.9 Å². The van der Waals surface area contributed by atoms with Gasteiger partial charge >= 0.3 is 0 Å². The second-order valence-electron chi connectivity index (χ2n) is 5.62. The Morgan fingerprint density at radius 1 is 1.08 bits per heavy atom. The smallest absolute Gasteiger partial charge is 0.211 e. The molecule has 3 aromatic rings. The van der Waals surface area contributed by atoms with E-state index in [2.05, 4.69) is 9.71 Å². The van der Waals surface area contributed by atoms with Crippen LogP contribution in [0, 0.1) is 0 Å².